The maximum atomic E-state index is 13.1. The summed E-state index contributed by atoms with van der Waals surface area (Å²) >= 11 is 0. The molecule has 29 heavy (non-hydrogen) atoms. The molecule has 0 saturated carbocycles. The summed E-state index contributed by atoms with van der Waals surface area (Å²) in [4.78, 5) is 17.3. The first-order valence-electron chi connectivity index (χ1n) is 10.7. The number of rotatable bonds is 6. The van der Waals surface area contributed by atoms with Gasteiger partial charge in [-0.1, -0.05) is 6.92 Å². The maximum absolute atomic E-state index is 13.1. The number of carbonyl (C=O) groups is 1. The number of hydrogen-bond donors (Lipinski definition) is 1. The Morgan fingerprint density at radius 2 is 1.93 bits per heavy atom. The van der Waals surface area contributed by atoms with E-state index >= 15 is 0 Å². The van der Waals surface area contributed by atoms with Gasteiger partial charge in [0.15, 0.2) is 0 Å². The van der Waals surface area contributed by atoms with Gasteiger partial charge in [-0.2, -0.15) is 0 Å². The minimum Gasteiger partial charge on any atom is -0.491 e. The van der Waals surface area contributed by atoms with Crippen LogP contribution in [0.3, 0.4) is 0 Å². The molecule has 1 heterocycles. The lowest BCUT2D eigenvalue weighted by Crippen LogP contribution is -2.50. The zero-order valence-corrected chi connectivity index (χ0v) is 18.5. The van der Waals surface area contributed by atoms with Gasteiger partial charge in [0.2, 0.25) is 5.91 Å². The van der Waals surface area contributed by atoms with Crippen LogP contribution in [0.4, 0.5) is 0 Å². The number of methoxy groups -OCH3 is 1. The van der Waals surface area contributed by atoms with E-state index in [0.717, 1.165) is 61.5 Å². The molecule has 1 aromatic rings. The Hall–Kier alpha value is -1.63. The summed E-state index contributed by atoms with van der Waals surface area (Å²) in [5.41, 5.74) is 4.31. The molecule has 6 nitrogen and oxygen atoms in total. The van der Waals surface area contributed by atoms with E-state index < -0.39 is 6.10 Å². The van der Waals surface area contributed by atoms with Crippen LogP contribution in [0.1, 0.15) is 41.7 Å². The Morgan fingerprint density at radius 3 is 2.59 bits per heavy atom. The minimum absolute atomic E-state index is 0.0676. The summed E-state index contributed by atoms with van der Waals surface area (Å²) in [6.45, 7) is 10.4. The Bertz CT molecular complexity index is 728. The third kappa shape index (κ3) is 4.60. The number of amides is 1. The molecule has 0 unspecified atom stereocenters. The van der Waals surface area contributed by atoms with Crippen molar-refractivity contribution in [2.75, 3.05) is 53.6 Å². The van der Waals surface area contributed by atoms with Gasteiger partial charge < -0.3 is 24.4 Å². The van der Waals surface area contributed by atoms with Gasteiger partial charge in [-0.05, 0) is 62.1 Å². The van der Waals surface area contributed by atoms with Gasteiger partial charge in [0, 0.05) is 45.1 Å². The fourth-order valence-electron chi connectivity index (χ4n) is 4.78. The molecule has 0 radical (unpaired) electrons. The maximum Gasteiger partial charge on any atom is 0.225 e. The topological polar surface area (TPSA) is 62.2 Å². The van der Waals surface area contributed by atoms with Crippen LogP contribution in [0, 0.1) is 25.7 Å². The first-order valence-corrected chi connectivity index (χ1v) is 10.7. The Kier molecular flexibility index (Phi) is 7.19. The van der Waals surface area contributed by atoms with Gasteiger partial charge in [0.25, 0.3) is 0 Å². The second-order valence-electron chi connectivity index (χ2n) is 8.61. The normalized spacial score (nSPS) is 23.6. The lowest BCUT2D eigenvalue weighted by Gasteiger charge is -2.39. The van der Waals surface area contributed by atoms with Gasteiger partial charge in [0.1, 0.15) is 12.4 Å². The number of aliphatic hydroxyl groups excluding tert-OH is 1. The highest BCUT2D eigenvalue weighted by Gasteiger charge is 2.38. The zero-order valence-electron chi connectivity index (χ0n) is 18.5. The fourth-order valence-corrected chi connectivity index (χ4v) is 4.78. The summed E-state index contributed by atoms with van der Waals surface area (Å²) < 4.78 is 11.0. The van der Waals surface area contributed by atoms with E-state index in [9.17, 15) is 9.90 Å². The molecule has 3 atom stereocenters. The van der Waals surface area contributed by atoms with Crippen molar-refractivity contribution in [2.24, 2.45) is 11.8 Å². The first kappa shape index (κ1) is 22.1. The summed E-state index contributed by atoms with van der Waals surface area (Å²) in [6.07, 6.45) is 1.08. The average molecular weight is 405 g/mol. The number of aryl methyl sites for hydroxylation is 1. The summed E-state index contributed by atoms with van der Waals surface area (Å²) in [5, 5.41) is 11.3. The van der Waals surface area contributed by atoms with Crippen molar-refractivity contribution < 1.29 is 19.4 Å². The standard InChI is InChI=1S/C23H36N2O4/c1-15-14-20(29-13-12-28-5)17(3)21-18(15)6-7-19(22(21)26)16(2)23(27)25-10-8-24(4)9-11-25/h14,16,19,22,26H,6-13H2,1-5H3/t16-,19-,22+/m0/s1. The van der Waals surface area contributed by atoms with Crippen LogP contribution in [0.25, 0.3) is 0 Å². The number of carbonyl (C=O) groups excluding carboxylic acids is 1. The second kappa shape index (κ2) is 9.45. The van der Waals surface area contributed by atoms with E-state index in [1.54, 1.807) is 7.11 Å². The van der Waals surface area contributed by atoms with Gasteiger partial charge in [-0.3, -0.25) is 4.79 Å². The highest BCUT2D eigenvalue weighted by molar-refractivity contribution is 5.79. The Labute approximate surface area is 174 Å². The van der Waals surface area contributed by atoms with E-state index in [1.807, 2.05) is 18.7 Å². The van der Waals surface area contributed by atoms with Crippen LogP contribution >= 0.6 is 0 Å². The zero-order chi connectivity index (χ0) is 21.1. The van der Waals surface area contributed by atoms with Gasteiger partial charge >= 0.3 is 0 Å². The molecule has 1 aliphatic carbocycles. The Morgan fingerprint density at radius 1 is 1.24 bits per heavy atom. The second-order valence-corrected chi connectivity index (χ2v) is 8.61. The number of fused-ring (bicyclic) bond motifs is 1. The molecule has 0 spiro atoms. The third-order valence-corrected chi connectivity index (χ3v) is 6.74. The molecule has 1 saturated heterocycles. The van der Waals surface area contributed by atoms with E-state index in [-0.39, 0.29) is 17.7 Å². The fraction of sp³-hybridized carbons (Fsp3) is 0.696. The number of hydrogen-bond acceptors (Lipinski definition) is 5. The molecule has 1 N–H and O–H groups in total. The van der Waals surface area contributed by atoms with Gasteiger partial charge in [0.05, 0.1) is 12.7 Å². The molecule has 0 bridgehead atoms. The molecule has 2 aliphatic rings. The minimum atomic E-state index is -0.644. The van der Waals surface area contributed by atoms with Crippen LogP contribution in [0.2, 0.25) is 0 Å². The predicted molar refractivity (Wildman–Crippen MR) is 113 cm³/mol. The summed E-state index contributed by atoms with van der Waals surface area (Å²) in [7, 11) is 3.74. The molecule has 0 aromatic heterocycles. The van der Waals surface area contributed by atoms with Crippen molar-refractivity contribution in [3.05, 3.63) is 28.3 Å². The van der Waals surface area contributed by atoms with Crippen molar-refractivity contribution in [2.45, 2.75) is 39.7 Å². The van der Waals surface area contributed by atoms with Crippen molar-refractivity contribution in [1.29, 1.82) is 0 Å². The van der Waals surface area contributed by atoms with E-state index in [1.165, 1.54) is 5.56 Å². The molecule has 1 fully saturated rings. The predicted octanol–water partition coefficient (Wildman–Crippen LogP) is 2.33. The first-order chi connectivity index (χ1) is 13.8. The van der Waals surface area contributed by atoms with E-state index in [0.29, 0.717) is 13.2 Å². The molecule has 162 valence electrons. The smallest absolute Gasteiger partial charge is 0.225 e. The summed E-state index contributed by atoms with van der Waals surface area (Å²) in [5.74, 6) is 0.713. The Balaban J connectivity index is 1.80. The quantitative estimate of drug-likeness (QED) is 0.738. The highest BCUT2D eigenvalue weighted by atomic mass is 16.5. The van der Waals surface area contributed by atoms with E-state index in [4.69, 9.17) is 9.47 Å². The largest absolute Gasteiger partial charge is 0.491 e. The van der Waals surface area contributed by atoms with Crippen LogP contribution in [0.5, 0.6) is 5.75 Å². The van der Waals surface area contributed by atoms with E-state index in [2.05, 4.69) is 24.9 Å². The molecular weight excluding hydrogens is 368 g/mol. The molecule has 3 rings (SSSR count). The third-order valence-electron chi connectivity index (χ3n) is 6.74. The molecular formula is C23H36N2O4. The van der Waals surface area contributed by atoms with Crippen molar-refractivity contribution in [3.8, 4) is 5.75 Å². The van der Waals surface area contributed by atoms with Crippen LogP contribution in [0.15, 0.2) is 6.07 Å². The highest BCUT2D eigenvalue weighted by Crippen LogP contribution is 2.44. The molecule has 6 heteroatoms. The molecule has 1 amide bonds. The lowest BCUT2D eigenvalue weighted by molar-refractivity contribution is -0.140. The number of ether oxygens (including phenoxy) is 2. The van der Waals surface area contributed by atoms with Gasteiger partial charge in [-0.25, -0.2) is 0 Å². The number of piperazine rings is 1. The number of aliphatic hydroxyl groups is 1. The number of nitrogens with zero attached hydrogens (tertiary/aromatic N) is 2. The monoisotopic (exact) mass is 404 g/mol. The molecule has 1 aliphatic heterocycles. The van der Waals surface area contributed by atoms with Crippen LogP contribution in [-0.4, -0.2) is 74.4 Å². The number of likely N-dealkylation sites (N-methyl/N-ethyl adjacent to an activating group) is 1. The van der Waals surface area contributed by atoms with Crippen LogP contribution < -0.4 is 4.74 Å². The average Bonchev–Trinajstić information content (AvgIpc) is 2.71. The SMILES string of the molecule is COCCOc1cc(C)c2c(c1C)[C@H](O)[C@H]([C@H](C)C(=O)N1CCN(C)CC1)CC2. The van der Waals surface area contributed by atoms with Gasteiger partial charge in [-0.15, -0.1) is 0 Å². The number of benzene rings is 1. The van der Waals surface area contributed by atoms with Crippen molar-refractivity contribution in [3.63, 3.8) is 0 Å². The van der Waals surface area contributed by atoms with Crippen molar-refractivity contribution >= 4 is 5.91 Å². The van der Waals surface area contributed by atoms with Crippen LogP contribution in [-0.2, 0) is 16.0 Å². The lowest BCUT2D eigenvalue weighted by atomic mass is 9.72. The van der Waals surface area contributed by atoms with Crippen molar-refractivity contribution in [1.82, 2.24) is 9.80 Å². The molecule has 1 aromatic carbocycles. The summed E-state index contributed by atoms with van der Waals surface area (Å²) in [6, 6.07) is 2.07.